The lowest BCUT2D eigenvalue weighted by Gasteiger charge is -2.19. The van der Waals surface area contributed by atoms with Gasteiger partial charge in [0.2, 0.25) is 0 Å². The second kappa shape index (κ2) is 9.89. The molecule has 1 N–H and O–H groups in total. The van der Waals surface area contributed by atoms with Crippen LogP contribution in [0.5, 0.6) is 0 Å². The Morgan fingerprint density at radius 3 is 2.70 bits per heavy atom. The molecule has 0 aliphatic carbocycles. The molecular formula is C17H28FNO. The average Bonchev–Trinajstić information content (AvgIpc) is 2.40. The molecule has 0 saturated carbocycles. The number of rotatable bonds is 10. The Balaban J connectivity index is 2.47. The van der Waals surface area contributed by atoms with E-state index < -0.39 is 0 Å². The summed E-state index contributed by atoms with van der Waals surface area (Å²) >= 11 is 0. The zero-order valence-electron chi connectivity index (χ0n) is 13.0. The first kappa shape index (κ1) is 17.1. The van der Waals surface area contributed by atoms with Crippen LogP contribution in [0.4, 0.5) is 4.39 Å². The van der Waals surface area contributed by atoms with E-state index in [0.717, 1.165) is 44.6 Å². The smallest absolute Gasteiger partial charge is 0.123 e. The highest BCUT2D eigenvalue weighted by Gasteiger charge is 2.11. The van der Waals surface area contributed by atoms with Crippen LogP contribution in [0.15, 0.2) is 24.3 Å². The van der Waals surface area contributed by atoms with Crippen molar-refractivity contribution in [1.82, 2.24) is 5.32 Å². The average molecular weight is 281 g/mol. The van der Waals surface area contributed by atoms with Gasteiger partial charge in [-0.05, 0) is 49.4 Å². The second-order valence-corrected chi connectivity index (χ2v) is 5.66. The maximum atomic E-state index is 13.2. The molecule has 114 valence electrons. The zero-order chi connectivity index (χ0) is 14.8. The standard InChI is InChI=1S/C17H28FNO/c1-4-9-20-10-8-16(13-19-14(2)3)11-15-6-5-7-17(18)12-15/h5-7,12,14,16,19H,4,8-11,13H2,1-3H3. The van der Waals surface area contributed by atoms with Crippen LogP contribution in [0.2, 0.25) is 0 Å². The normalized spacial score (nSPS) is 12.8. The SMILES string of the molecule is CCCOCCC(CNC(C)C)Cc1cccc(F)c1. The first-order valence-electron chi connectivity index (χ1n) is 7.67. The Hall–Kier alpha value is -0.930. The van der Waals surface area contributed by atoms with Crippen molar-refractivity contribution >= 4 is 0 Å². The quantitative estimate of drug-likeness (QED) is 0.659. The van der Waals surface area contributed by atoms with E-state index in [-0.39, 0.29) is 5.82 Å². The first-order chi connectivity index (χ1) is 9.61. The van der Waals surface area contributed by atoms with Crippen LogP contribution in [0.3, 0.4) is 0 Å². The van der Waals surface area contributed by atoms with Crippen LogP contribution >= 0.6 is 0 Å². The number of halogens is 1. The summed E-state index contributed by atoms with van der Waals surface area (Å²) in [5.41, 5.74) is 1.07. The Morgan fingerprint density at radius 2 is 2.05 bits per heavy atom. The summed E-state index contributed by atoms with van der Waals surface area (Å²) in [5, 5.41) is 3.47. The minimum Gasteiger partial charge on any atom is -0.381 e. The fourth-order valence-electron chi connectivity index (χ4n) is 2.17. The summed E-state index contributed by atoms with van der Waals surface area (Å²) in [6.07, 6.45) is 2.96. The van der Waals surface area contributed by atoms with E-state index in [0.29, 0.717) is 12.0 Å². The van der Waals surface area contributed by atoms with Crippen molar-refractivity contribution in [2.24, 2.45) is 5.92 Å². The van der Waals surface area contributed by atoms with Gasteiger partial charge in [0.15, 0.2) is 0 Å². The highest BCUT2D eigenvalue weighted by molar-refractivity contribution is 5.16. The fourth-order valence-corrected chi connectivity index (χ4v) is 2.17. The van der Waals surface area contributed by atoms with Crippen molar-refractivity contribution in [3.63, 3.8) is 0 Å². The van der Waals surface area contributed by atoms with Crippen LogP contribution in [-0.2, 0) is 11.2 Å². The molecule has 1 aromatic rings. The predicted molar refractivity (Wildman–Crippen MR) is 82.5 cm³/mol. The van der Waals surface area contributed by atoms with Gasteiger partial charge in [-0.25, -0.2) is 4.39 Å². The molecule has 1 aromatic carbocycles. The zero-order valence-corrected chi connectivity index (χ0v) is 13.0. The van der Waals surface area contributed by atoms with Crippen molar-refractivity contribution in [2.75, 3.05) is 19.8 Å². The van der Waals surface area contributed by atoms with Gasteiger partial charge in [0, 0.05) is 19.3 Å². The number of benzene rings is 1. The van der Waals surface area contributed by atoms with Crippen LogP contribution < -0.4 is 5.32 Å². The number of ether oxygens (including phenoxy) is 1. The molecule has 2 nitrogen and oxygen atoms in total. The number of nitrogens with one attached hydrogen (secondary N) is 1. The largest absolute Gasteiger partial charge is 0.381 e. The van der Waals surface area contributed by atoms with E-state index in [1.165, 1.54) is 6.07 Å². The van der Waals surface area contributed by atoms with E-state index in [1.54, 1.807) is 12.1 Å². The third kappa shape index (κ3) is 7.61. The van der Waals surface area contributed by atoms with Crippen molar-refractivity contribution in [1.29, 1.82) is 0 Å². The van der Waals surface area contributed by atoms with E-state index in [1.807, 2.05) is 6.07 Å². The summed E-state index contributed by atoms with van der Waals surface area (Å²) in [6.45, 7) is 8.96. The summed E-state index contributed by atoms with van der Waals surface area (Å²) in [5.74, 6) is 0.330. The molecule has 0 heterocycles. The summed E-state index contributed by atoms with van der Waals surface area (Å²) < 4.78 is 18.8. The molecule has 0 spiro atoms. The third-order valence-corrected chi connectivity index (χ3v) is 3.25. The minimum atomic E-state index is -0.152. The van der Waals surface area contributed by atoms with E-state index >= 15 is 0 Å². The lowest BCUT2D eigenvalue weighted by atomic mass is 9.96. The third-order valence-electron chi connectivity index (χ3n) is 3.25. The van der Waals surface area contributed by atoms with Gasteiger partial charge in [-0.3, -0.25) is 0 Å². The molecule has 0 aliphatic heterocycles. The van der Waals surface area contributed by atoms with Gasteiger partial charge < -0.3 is 10.1 Å². The molecular weight excluding hydrogens is 253 g/mol. The molecule has 20 heavy (non-hydrogen) atoms. The molecule has 1 unspecified atom stereocenters. The Labute approximate surface area is 122 Å². The van der Waals surface area contributed by atoms with Gasteiger partial charge in [0.1, 0.15) is 5.82 Å². The first-order valence-corrected chi connectivity index (χ1v) is 7.67. The molecule has 0 bridgehead atoms. The molecule has 1 atom stereocenters. The topological polar surface area (TPSA) is 21.3 Å². The van der Waals surface area contributed by atoms with Gasteiger partial charge in [-0.2, -0.15) is 0 Å². The molecule has 0 aliphatic rings. The monoisotopic (exact) mass is 281 g/mol. The lowest BCUT2D eigenvalue weighted by Crippen LogP contribution is -2.30. The lowest BCUT2D eigenvalue weighted by molar-refractivity contribution is 0.120. The molecule has 0 saturated heterocycles. The van der Waals surface area contributed by atoms with Crippen LogP contribution in [0.25, 0.3) is 0 Å². The number of hydrogen-bond donors (Lipinski definition) is 1. The van der Waals surface area contributed by atoms with Crippen LogP contribution in [0, 0.1) is 11.7 Å². The van der Waals surface area contributed by atoms with Gasteiger partial charge in [-0.15, -0.1) is 0 Å². The summed E-state index contributed by atoms with van der Waals surface area (Å²) in [6, 6.07) is 7.38. The molecule has 0 amide bonds. The fraction of sp³-hybridized carbons (Fsp3) is 0.647. The second-order valence-electron chi connectivity index (χ2n) is 5.66. The molecule has 0 radical (unpaired) electrons. The maximum absolute atomic E-state index is 13.2. The number of hydrogen-bond acceptors (Lipinski definition) is 2. The Bertz CT molecular complexity index is 368. The predicted octanol–water partition coefficient (Wildman–Crippen LogP) is 3.80. The van der Waals surface area contributed by atoms with E-state index in [9.17, 15) is 4.39 Å². The van der Waals surface area contributed by atoms with Gasteiger partial charge in [-0.1, -0.05) is 32.9 Å². The van der Waals surface area contributed by atoms with Crippen molar-refractivity contribution < 1.29 is 9.13 Å². The van der Waals surface area contributed by atoms with Crippen LogP contribution in [0.1, 0.15) is 39.2 Å². The highest BCUT2D eigenvalue weighted by Crippen LogP contribution is 2.14. The van der Waals surface area contributed by atoms with Gasteiger partial charge in [0.25, 0.3) is 0 Å². The van der Waals surface area contributed by atoms with Crippen LogP contribution in [-0.4, -0.2) is 25.8 Å². The van der Waals surface area contributed by atoms with Crippen molar-refractivity contribution in [3.05, 3.63) is 35.6 Å². The van der Waals surface area contributed by atoms with E-state index in [4.69, 9.17) is 4.74 Å². The van der Waals surface area contributed by atoms with Crippen molar-refractivity contribution in [2.45, 2.75) is 46.1 Å². The molecule has 3 heteroatoms. The van der Waals surface area contributed by atoms with Crippen molar-refractivity contribution in [3.8, 4) is 0 Å². The molecule has 0 fully saturated rings. The van der Waals surface area contributed by atoms with Gasteiger partial charge in [0.05, 0.1) is 0 Å². The van der Waals surface area contributed by atoms with Gasteiger partial charge >= 0.3 is 0 Å². The highest BCUT2D eigenvalue weighted by atomic mass is 19.1. The maximum Gasteiger partial charge on any atom is 0.123 e. The molecule has 0 aromatic heterocycles. The summed E-state index contributed by atoms with van der Waals surface area (Å²) in [7, 11) is 0. The minimum absolute atomic E-state index is 0.152. The Morgan fingerprint density at radius 1 is 1.25 bits per heavy atom. The summed E-state index contributed by atoms with van der Waals surface area (Å²) in [4.78, 5) is 0. The molecule has 1 rings (SSSR count). The van der Waals surface area contributed by atoms with E-state index in [2.05, 4.69) is 26.1 Å². The Kier molecular flexibility index (Phi) is 8.47.